The van der Waals surface area contributed by atoms with Crippen molar-refractivity contribution in [2.75, 3.05) is 0 Å². The number of furan rings is 2. The molecule has 0 aliphatic heterocycles. The maximum absolute atomic E-state index is 12.4. The van der Waals surface area contributed by atoms with Crippen LogP contribution in [0, 0.1) is 0 Å². The van der Waals surface area contributed by atoms with Gasteiger partial charge in [-0.25, -0.2) is 0 Å². The molecule has 158 valence electrons. The highest BCUT2D eigenvalue weighted by Crippen LogP contribution is 2.28. The Morgan fingerprint density at radius 3 is 2.60 bits per heavy atom. The van der Waals surface area contributed by atoms with E-state index in [-0.39, 0.29) is 5.91 Å². The molecule has 2 aromatic heterocycles. The number of rotatable bonds is 8. The Kier molecular flexibility index (Phi) is 6.92. The summed E-state index contributed by atoms with van der Waals surface area (Å²) in [6.07, 6.45) is 7.76. The van der Waals surface area contributed by atoms with Crippen molar-refractivity contribution in [2.45, 2.75) is 57.8 Å². The Balaban J connectivity index is 1.43. The first-order valence-electron chi connectivity index (χ1n) is 10.6. The van der Waals surface area contributed by atoms with Gasteiger partial charge in [0.1, 0.15) is 11.5 Å². The lowest BCUT2D eigenvalue weighted by Crippen LogP contribution is -2.35. The van der Waals surface area contributed by atoms with Crippen LogP contribution in [0.4, 0.5) is 0 Å². The standard InChI is InChI=1S/C24H27ClN2O3/c25-22-11-5-4-7-18(22)16-27(19-8-2-1-3-9-19)17-21-12-13-23(30-21)24(28)26-15-20-10-6-14-29-20/h4-7,10-14,19H,1-3,8-9,15-17H2,(H,26,28). The number of hydrogen-bond acceptors (Lipinski definition) is 4. The van der Waals surface area contributed by atoms with Crippen molar-refractivity contribution in [3.63, 3.8) is 0 Å². The van der Waals surface area contributed by atoms with E-state index in [1.54, 1.807) is 18.4 Å². The fourth-order valence-corrected chi connectivity index (χ4v) is 4.25. The van der Waals surface area contributed by atoms with Crippen molar-refractivity contribution >= 4 is 17.5 Å². The lowest BCUT2D eigenvalue weighted by molar-refractivity contribution is 0.0910. The molecule has 3 aromatic rings. The van der Waals surface area contributed by atoms with E-state index in [2.05, 4.69) is 16.3 Å². The van der Waals surface area contributed by atoms with Gasteiger partial charge in [-0.2, -0.15) is 0 Å². The Labute approximate surface area is 182 Å². The average Bonchev–Trinajstić information content (AvgIpc) is 3.46. The molecule has 5 nitrogen and oxygen atoms in total. The molecule has 0 unspecified atom stereocenters. The number of nitrogens with one attached hydrogen (secondary N) is 1. The number of carbonyl (C=O) groups excluding carboxylic acids is 1. The Bertz CT molecular complexity index is 945. The smallest absolute Gasteiger partial charge is 0.287 e. The molecule has 1 aromatic carbocycles. The molecule has 1 amide bonds. The minimum atomic E-state index is -0.243. The molecule has 2 heterocycles. The van der Waals surface area contributed by atoms with E-state index in [0.29, 0.717) is 30.7 Å². The van der Waals surface area contributed by atoms with E-state index < -0.39 is 0 Å². The highest BCUT2D eigenvalue weighted by molar-refractivity contribution is 6.31. The first kappa shape index (κ1) is 20.8. The third-order valence-electron chi connectivity index (χ3n) is 5.67. The summed E-state index contributed by atoms with van der Waals surface area (Å²) >= 11 is 6.42. The molecular weight excluding hydrogens is 400 g/mol. The summed E-state index contributed by atoms with van der Waals surface area (Å²) in [4.78, 5) is 14.8. The van der Waals surface area contributed by atoms with Crippen LogP contribution in [0.5, 0.6) is 0 Å². The normalized spacial score (nSPS) is 14.9. The molecule has 1 aliphatic rings. The number of hydrogen-bond donors (Lipinski definition) is 1. The number of halogens is 1. The maximum atomic E-state index is 12.4. The largest absolute Gasteiger partial charge is 0.467 e. The number of carbonyl (C=O) groups is 1. The summed E-state index contributed by atoms with van der Waals surface area (Å²) in [5, 5.41) is 3.61. The molecule has 6 heteroatoms. The Morgan fingerprint density at radius 1 is 1.00 bits per heavy atom. The van der Waals surface area contributed by atoms with Crippen molar-refractivity contribution in [1.82, 2.24) is 10.2 Å². The van der Waals surface area contributed by atoms with Gasteiger partial charge in [0.2, 0.25) is 0 Å². The maximum Gasteiger partial charge on any atom is 0.287 e. The van der Waals surface area contributed by atoms with E-state index in [9.17, 15) is 4.79 Å². The molecule has 0 saturated heterocycles. The summed E-state index contributed by atoms with van der Waals surface area (Å²) in [5.41, 5.74) is 1.12. The molecule has 0 spiro atoms. The molecule has 0 radical (unpaired) electrons. The molecule has 0 atom stereocenters. The van der Waals surface area contributed by atoms with Crippen molar-refractivity contribution in [1.29, 1.82) is 0 Å². The first-order valence-corrected chi connectivity index (χ1v) is 10.9. The molecule has 0 bridgehead atoms. The molecule has 1 saturated carbocycles. The zero-order chi connectivity index (χ0) is 20.8. The van der Waals surface area contributed by atoms with Crippen LogP contribution in [0.15, 0.2) is 63.6 Å². The van der Waals surface area contributed by atoms with Gasteiger partial charge in [0, 0.05) is 17.6 Å². The van der Waals surface area contributed by atoms with Crippen LogP contribution in [0.3, 0.4) is 0 Å². The van der Waals surface area contributed by atoms with Crippen molar-refractivity contribution in [3.05, 3.63) is 82.7 Å². The van der Waals surface area contributed by atoms with Gasteiger partial charge in [-0.3, -0.25) is 9.69 Å². The van der Waals surface area contributed by atoms with Gasteiger partial charge in [-0.1, -0.05) is 49.1 Å². The highest BCUT2D eigenvalue weighted by atomic mass is 35.5. The summed E-state index contributed by atoms with van der Waals surface area (Å²) in [6, 6.07) is 15.7. The number of nitrogens with zero attached hydrogens (tertiary/aromatic N) is 1. The van der Waals surface area contributed by atoms with Crippen molar-refractivity contribution in [3.8, 4) is 0 Å². The average molecular weight is 427 g/mol. The lowest BCUT2D eigenvalue weighted by atomic mass is 9.93. The monoisotopic (exact) mass is 426 g/mol. The third kappa shape index (κ3) is 5.35. The molecular formula is C24H27ClN2O3. The Hall–Kier alpha value is -2.50. The zero-order valence-corrected chi connectivity index (χ0v) is 17.7. The summed E-state index contributed by atoms with van der Waals surface area (Å²) in [5.74, 6) is 1.57. The quantitative estimate of drug-likeness (QED) is 0.495. The van der Waals surface area contributed by atoms with E-state index in [1.807, 2.05) is 30.3 Å². The molecule has 1 N–H and O–H groups in total. The van der Waals surface area contributed by atoms with Gasteiger partial charge >= 0.3 is 0 Å². The van der Waals surface area contributed by atoms with Gasteiger partial charge in [-0.05, 0) is 48.7 Å². The van der Waals surface area contributed by atoms with Crippen LogP contribution in [-0.2, 0) is 19.6 Å². The lowest BCUT2D eigenvalue weighted by Gasteiger charge is -2.34. The minimum absolute atomic E-state index is 0.243. The predicted octanol–water partition coefficient (Wildman–Crippen LogP) is 5.79. The molecule has 1 fully saturated rings. The fourth-order valence-electron chi connectivity index (χ4n) is 4.06. The second-order valence-electron chi connectivity index (χ2n) is 7.82. The van der Waals surface area contributed by atoms with Crippen molar-refractivity contribution in [2.24, 2.45) is 0 Å². The van der Waals surface area contributed by atoms with Gasteiger partial charge < -0.3 is 14.2 Å². The van der Waals surface area contributed by atoms with E-state index in [1.165, 1.54) is 32.1 Å². The van der Waals surface area contributed by atoms with Crippen LogP contribution >= 0.6 is 11.6 Å². The second-order valence-corrected chi connectivity index (χ2v) is 8.22. The molecule has 1 aliphatic carbocycles. The topological polar surface area (TPSA) is 58.6 Å². The molecule has 30 heavy (non-hydrogen) atoms. The van der Waals surface area contributed by atoms with Crippen LogP contribution in [0.2, 0.25) is 5.02 Å². The third-order valence-corrected chi connectivity index (χ3v) is 6.04. The number of benzene rings is 1. The first-order chi connectivity index (χ1) is 14.7. The molecule has 4 rings (SSSR count). The van der Waals surface area contributed by atoms with Gasteiger partial charge in [-0.15, -0.1) is 0 Å². The zero-order valence-electron chi connectivity index (χ0n) is 17.0. The van der Waals surface area contributed by atoms with Crippen LogP contribution in [0.25, 0.3) is 0 Å². The summed E-state index contributed by atoms with van der Waals surface area (Å²) < 4.78 is 11.1. The van der Waals surface area contributed by atoms with E-state index in [4.69, 9.17) is 20.4 Å². The number of amides is 1. The Morgan fingerprint density at radius 2 is 1.83 bits per heavy atom. The van der Waals surface area contributed by atoms with Gasteiger partial charge in [0.05, 0.1) is 19.4 Å². The van der Waals surface area contributed by atoms with E-state index >= 15 is 0 Å². The fraction of sp³-hybridized carbons (Fsp3) is 0.375. The second kappa shape index (κ2) is 10.0. The van der Waals surface area contributed by atoms with Crippen LogP contribution in [0.1, 0.15) is 59.7 Å². The van der Waals surface area contributed by atoms with Crippen LogP contribution in [-0.4, -0.2) is 16.8 Å². The summed E-state index contributed by atoms with van der Waals surface area (Å²) in [6.45, 7) is 1.76. The minimum Gasteiger partial charge on any atom is -0.467 e. The van der Waals surface area contributed by atoms with Gasteiger partial charge in [0.25, 0.3) is 5.91 Å². The van der Waals surface area contributed by atoms with Crippen LogP contribution < -0.4 is 5.32 Å². The van der Waals surface area contributed by atoms with Crippen molar-refractivity contribution < 1.29 is 13.6 Å². The predicted molar refractivity (Wildman–Crippen MR) is 116 cm³/mol. The van der Waals surface area contributed by atoms with E-state index in [0.717, 1.165) is 22.9 Å². The highest BCUT2D eigenvalue weighted by Gasteiger charge is 2.23. The SMILES string of the molecule is O=C(NCc1ccco1)c1ccc(CN(Cc2ccccc2Cl)C2CCCCC2)o1. The van der Waals surface area contributed by atoms with Gasteiger partial charge in [0.15, 0.2) is 5.76 Å². The summed E-state index contributed by atoms with van der Waals surface area (Å²) in [7, 11) is 0.